The quantitative estimate of drug-likeness (QED) is 0.476. The third-order valence-corrected chi connectivity index (χ3v) is 10.00. The first kappa shape index (κ1) is 29.6. The van der Waals surface area contributed by atoms with E-state index in [9.17, 15) is 19.2 Å². The second-order valence-electron chi connectivity index (χ2n) is 14.1. The molecular weight excluding hydrogens is 494 g/mol. The molecule has 2 saturated carbocycles. The molecule has 0 radical (unpaired) electrons. The van der Waals surface area contributed by atoms with Crippen LogP contribution in [0.3, 0.4) is 0 Å². The highest BCUT2D eigenvalue weighted by Crippen LogP contribution is 2.65. The second-order valence-corrected chi connectivity index (χ2v) is 14.1. The fourth-order valence-corrected chi connectivity index (χ4v) is 8.25. The predicted octanol–water partition coefficient (Wildman–Crippen LogP) is 5.91. The minimum absolute atomic E-state index is 0.0431. The molecule has 0 bridgehead atoms. The molecule has 1 aliphatic heterocycles. The Morgan fingerprint density at radius 2 is 1.82 bits per heavy atom. The number of carbonyl (C=O) groups is 4. The minimum Gasteiger partial charge on any atom is -0.443 e. The van der Waals surface area contributed by atoms with Gasteiger partial charge >= 0.3 is 12.1 Å². The molecule has 0 spiro atoms. The van der Waals surface area contributed by atoms with Gasteiger partial charge in [0.05, 0.1) is 0 Å². The van der Waals surface area contributed by atoms with Crippen molar-refractivity contribution in [2.75, 3.05) is 13.1 Å². The van der Waals surface area contributed by atoms with Crippen molar-refractivity contribution in [3.8, 4) is 0 Å². The summed E-state index contributed by atoms with van der Waals surface area (Å²) in [6.07, 6.45) is 6.72. The minimum atomic E-state index is -0.644. The zero-order valence-electron chi connectivity index (χ0n) is 25.3. The van der Waals surface area contributed by atoms with Crippen LogP contribution in [0.4, 0.5) is 9.59 Å². The van der Waals surface area contributed by atoms with Gasteiger partial charge in [-0.1, -0.05) is 20.8 Å². The van der Waals surface area contributed by atoms with Gasteiger partial charge in [0.25, 0.3) is 0 Å². The van der Waals surface area contributed by atoms with Gasteiger partial charge in [-0.05, 0) is 96.3 Å². The highest BCUT2D eigenvalue weighted by Gasteiger charge is 2.62. The van der Waals surface area contributed by atoms with Gasteiger partial charge in [-0.3, -0.25) is 19.4 Å². The van der Waals surface area contributed by atoms with Crippen LogP contribution in [0.1, 0.15) is 100 Å². The third-order valence-electron chi connectivity index (χ3n) is 10.00. The average molecular weight is 544 g/mol. The number of imide groups is 1. The molecule has 218 valence electrons. The molecule has 4 amide bonds. The molecule has 0 unspecified atom stereocenters. The molecule has 8 nitrogen and oxygen atoms in total. The Morgan fingerprint density at radius 3 is 2.44 bits per heavy atom. The molecule has 0 aromatic heterocycles. The van der Waals surface area contributed by atoms with Crippen molar-refractivity contribution in [2.24, 2.45) is 34.5 Å². The number of carbonyl (C=O) groups excluding carboxylic acids is 4. The molecule has 39 heavy (non-hydrogen) atoms. The molecule has 1 saturated heterocycles. The van der Waals surface area contributed by atoms with Gasteiger partial charge < -0.3 is 10.1 Å². The molecule has 8 heteroatoms. The summed E-state index contributed by atoms with van der Waals surface area (Å²) in [5, 5.41) is 2.91. The lowest BCUT2D eigenvalue weighted by Crippen LogP contribution is -2.60. The second kappa shape index (κ2) is 10.5. The van der Waals surface area contributed by atoms with Crippen LogP contribution in [0.15, 0.2) is 11.8 Å². The Labute approximate surface area is 234 Å². The van der Waals surface area contributed by atoms with Crippen molar-refractivity contribution >= 4 is 23.8 Å². The van der Waals surface area contributed by atoms with E-state index in [4.69, 9.17) is 4.74 Å². The zero-order valence-corrected chi connectivity index (χ0v) is 25.3. The maximum Gasteiger partial charge on any atom is 0.414 e. The van der Waals surface area contributed by atoms with Crippen molar-refractivity contribution in [3.05, 3.63) is 11.8 Å². The highest BCUT2D eigenvalue weighted by molar-refractivity contribution is 5.96. The predicted molar refractivity (Wildman–Crippen MR) is 150 cm³/mol. The largest absolute Gasteiger partial charge is 0.443 e. The van der Waals surface area contributed by atoms with E-state index < -0.39 is 11.7 Å². The number of hydrogen-bond donors (Lipinski definition) is 1. The zero-order chi connectivity index (χ0) is 28.9. The van der Waals surface area contributed by atoms with Crippen LogP contribution in [0.5, 0.6) is 0 Å². The topological polar surface area (TPSA) is 96.0 Å². The molecular formula is C31H49N3O5. The van der Waals surface area contributed by atoms with Gasteiger partial charge in [0.1, 0.15) is 5.60 Å². The number of ketones is 1. The molecule has 4 aliphatic rings. The number of likely N-dealkylation sites (tertiary alicyclic amines) is 1. The Bertz CT molecular complexity index is 1050. The summed E-state index contributed by atoms with van der Waals surface area (Å²) >= 11 is 0. The number of amides is 4. The average Bonchev–Trinajstić information content (AvgIpc) is 3.18. The van der Waals surface area contributed by atoms with Gasteiger partial charge in [-0.2, -0.15) is 0 Å². The number of hydrogen-bond acceptors (Lipinski definition) is 5. The first-order chi connectivity index (χ1) is 18.1. The van der Waals surface area contributed by atoms with Gasteiger partial charge in [-0.25, -0.2) is 9.59 Å². The maximum absolute atomic E-state index is 14.0. The van der Waals surface area contributed by atoms with Crippen molar-refractivity contribution in [2.45, 2.75) is 112 Å². The van der Waals surface area contributed by atoms with E-state index in [1.54, 1.807) is 11.0 Å². The van der Waals surface area contributed by atoms with Crippen LogP contribution in [0.2, 0.25) is 0 Å². The Balaban J connectivity index is 1.66. The summed E-state index contributed by atoms with van der Waals surface area (Å²) in [5.74, 6) is 0.570. The van der Waals surface area contributed by atoms with E-state index in [2.05, 4.69) is 19.2 Å². The summed E-state index contributed by atoms with van der Waals surface area (Å²) < 4.78 is 5.83. The van der Waals surface area contributed by atoms with Crippen LogP contribution in [-0.2, 0) is 14.3 Å². The summed E-state index contributed by atoms with van der Waals surface area (Å²) in [7, 11) is 0. The first-order valence-corrected chi connectivity index (χ1v) is 15.0. The number of nitrogens with zero attached hydrogens (tertiary/aromatic N) is 2. The number of urea groups is 1. The Morgan fingerprint density at radius 1 is 1.13 bits per heavy atom. The number of ether oxygens (including phenoxy) is 1. The standard InChI is InChI=1S/C31H49N3O5/c1-9-16-33(27(37)32-19(2)3)26(36)24-11-10-22-21-18-34(28(38)39-29(4,5)6)25-17-20(35)12-14-31(25,8)23(21)13-15-30(22,24)7/h17,19,21-24H,9-16,18H2,1-8H3,(H,32,37)/t21-,22-,23-,24+,30-,31+/m0/s1. The lowest BCUT2D eigenvalue weighted by Gasteiger charge is -2.60. The van der Waals surface area contributed by atoms with Gasteiger partial charge in [0.15, 0.2) is 5.78 Å². The number of fused-ring (bicyclic) bond motifs is 5. The number of rotatable bonds is 4. The molecule has 1 N–H and O–H groups in total. The van der Waals surface area contributed by atoms with Crippen LogP contribution in [0, 0.1) is 34.5 Å². The summed E-state index contributed by atoms with van der Waals surface area (Å²) in [4.78, 5) is 56.2. The molecule has 0 aromatic carbocycles. The van der Waals surface area contributed by atoms with Crippen molar-refractivity contribution in [3.63, 3.8) is 0 Å². The number of allylic oxidation sites excluding steroid dienone is 2. The molecule has 6 atom stereocenters. The molecule has 1 heterocycles. The molecule has 3 fully saturated rings. The fourth-order valence-electron chi connectivity index (χ4n) is 8.25. The van der Waals surface area contributed by atoms with Crippen molar-refractivity contribution in [1.82, 2.24) is 15.1 Å². The monoisotopic (exact) mass is 543 g/mol. The summed E-state index contributed by atoms with van der Waals surface area (Å²) in [6, 6.07) is -0.348. The van der Waals surface area contributed by atoms with Gasteiger partial charge in [0.2, 0.25) is 5.91 Å². The van der Waals surface area contributed by atoms with E-state index in [1.807, 2.05) is 41.5 Å². The maximum atomic E-state index is 14.0. The first-order valence-electron chi connectivity index (χ1n) is 15.0. The van der Waals surface area contributed by atoms with E-state index in [-0.39, 0.29) is 52.3 Å². The Kier molecular flexibility index (Phi) is 8.01. The summed E-state index contributed by atoms with van der Waals surface area (Å²) in [6.45, 7) is 16.8. The van der Waals surface area contributed by atoms with Crippen molar-refractivity contribution in [1.29, 1.82) is 0 Å². The number of piperidine rings is 1. The lowest BCUT2D eigenvalue weighted by atomic mass is 9.49. The van der Waals surface area contributed by atoms with Gasteiger partial charge in [-0.15, -0.1) is 0 Å². The van der Waals surface area contributed by atoms with Crippen LogP contribution in [0.25, 0.3) is 0 Å². The van der Waals surface area contributed by atoms with E-state index >= 15 is 0 Å². The molecule has 0 aromatic rings. The van der Waals surface area contributed by atoms with E-state index in [0.29, 0.717) is 31.8 Å². The molecule has 4 rings (SSSR count). The highest BCUT2D eigenvalue weighted by atomic mass is 16.6. The van der Waals surface area contributed by atoms with Gasteiger partial charge in [0, 0.05) is 48.7 Å². The Hall–Kier alpha value is -2.38. The van der Waals surface area contributed by atoms with Crippen LogP contribution >= 0.6 is 0 Å². The van der Waals surface area contributed by atoms with Crippen LogP contribution in [-0.4, -0.2) is 58.3 Å². The lowest BCUT2D eigenvalue weighted by molar-refractivity contribution is -0.141. The fraction of sp³-hybridized carbons (Fsp3) is 0.806. The number of nitrogens with one attached hydrogen (secondary N) is 1. The smallest absolute Gasteiger partial charge is 0.414 e. The molecule has 3 aliphatic carbocycles. The summed E-state index contributed by atoms with van der Waals surface area (Å²) in [5.41, 5.74) is -0.371. The SMILES string of the molecule is CCCN(C(=O)NC(C)C)C(=O)[C@H]1CC[C@H]2[C@@H]3CN(C(=O)OC(C)(C)C)C4=CC(=O)CC[C@]4(C)[C@H]3CC[C@]12C. The van der Waals surface area contributed by atoms with Crippen LogP contribution < -0.4 is 5.32 Å². The van der Waals surface area contributed by atoms with Crippen molar-refractivity contribution < 1.29 is 23.9 Å². The normalized spacial score (nSPS) is 34.0. The van der Waals surface area contributed by atoms with E-state index in [0.717, 1.165) is 37.8 Å². The third kappa shape index (κ3) is 5.37. The van der Waals surface area contributed by atoms with E-state index in [1.165, 1.54) is 4.90 Å².